The number of carboxylic acids is 1. The summed E-state index contributed by atoms with van der Waals surface area (Å²) in [5.41, 5.74) is 1.41. The molecule has 0 aliphatic rings. The number of carboxylic acid groups (broad SMARTS) is 1. The average Bonchev–Trinajstić information content (AvgIpc) is 2.73. The molecule has 0 saturated carbocycles. The van der Waals surface area contributed by atoms with Crippen molar-refractivity contribution in [2.24, 2.45) is 7.05 Å². The fourth-order valence-electron chi connectivity index (χ4n) is 1.89. The van der Waals surface area contributed by atoms with Gasteiger partial charge in [0.2, 0.25) is 11.8 Å². The summed E-state index contributed by atoms with van der Waals surface area (Å²) in [5.74, 6) is -1.20. The van der Waals surface area contributed by atoms with Crippen LogP contribution in [0.15, 0.2) is 30.4 Å². The van der Waals surface area contributed by atoms with Crippen LogP contribution in [0.3, 0.4) is 0 Å². The predicted molar refractivity (Wildman–Crippen MR) is 77.3 cm³/mol. The van der Waals surface area contributed by atoms with Crippen LogP contribution >= 0.6 is 0 Å². The van der Waals surface area contributed by atoms with Gasteiger partial charge in [-0.15, -0.1) is 5.10 Å². The second-order valence-corrected chi connectivity index (χ2v) is 4.25. The van der Waals surface area contributed by atoms with Gasteiger partial charge in [-0.1, -0.05) is 0 Å². The summed E-state index contributed by atoms with van der Waals surface area (Å²) in [7, 11) is 1.80. The number of ether oxygens (including phenoxy) is 1. The lowest BCUT2D eigenvalue weighted by Crippen LogP contribution is -2.08. The second kappa shape index (κ2) is 6.08. The fourth-order valence-corrected chi connectivity index (χ4v) is 1.89. The van der Waals surface area contributed by atoms with E-state index in [4.69, 9.17) is 9.84 Å². The Labute approximate surface area is 120 Å². The van der Waals surface area contributed by atoms with Crippen LogP contribution in [0.4, 0.5) is 5.69 Å². The molecule has 110 valence electrons. The van der Waals surface area contributed by atoms with Crippen LogP contribution in [0.2, 0.25) is 0 Å². The van der Waals surface area contributed by atoms with Crippen molar-refractivity contribution in [3.8, 4) is 5.88 Å². The molecule has 0 aliphatic heterocycles. The molecule has 2 rings (SSSR count). The second-order valence-electron chi connectivity index (χ2n) is 4.25. The van der Waals surface area contributed by atoms with Crippen LogP contribution in [0, 0.1) is 0 Å². The van der Waals surface area contributed by atoms with Crippen molar-refractivity contribution in [2.45, 2.75) is 6.92 Å². The summed E-state index contributed by atoms with van der Waals surface area (Å²) >= 11 is 0. The van der Waals surface area contributed by atoms with E-state index in [0.717, 1.165) is 23.1 Å². The zero-order valence-electron chi connectivity index (χ0n) is 11.7. The molecule has 7 nitrogen and oxygen atoms in total. The number of anilines is 1. The van der Waals surface area contributed by atoms with Gasteiger partial charge in [0.1, 0.15) is 0 Å². The monoisotopic (exact) mass is 289 g/mol. The highest BCUT2D eigenvalue weighted by atomic mass is 16.5. The van der Waals surface area contributed by atoms with E-state index in [1.165, 1.54) is 0 Å². The largest absolute Gasteiger partial charge is 0.478 e. The minimum Gasteiger partial charge on any atom is -0.478 e. The van der Waals surface area contributed by atoms with E-state index in [2.05, 4.69) is 10.4 Å². The Bertz CT molecular complexity index is 718. The first kappa shape index (κ1) is 14.6. The van der Waals surface area contributed by atoms with Gasteiger partial charge in [-0.3, -0.25) is 9.48 Å². The molecular formula is C14H15N3O4. The molecule has 0 unspecified atom stereocenters. The third-order valence-electron chi connectivity index (χ3n) is 2.74. The Kier molecular flexibility index (Phi) is 4.22. The third-order valence-corrected chi connectivity index (χ3v) is 2.74. The molecule has 0 atom stereocenters. The first-order chi connectivity index (χ1) is 10.0. The number of fused-ring (bicyclic) bond motifs is 1. The van der Waals surface area contributed by atoms with Crippen molar-refractivity contribution in [1.82, 2.24) is 9.78 Å². The highest BCUT2D eigenvalue weighted by Crippen LogP contribution is 2.27. The van der Waals surface area contributed by atoms with Crippen LogP contribution in [0.5, 0.6) is 5.88 Å². The van der Waals surface area contributed by atoms with E-state index < -0.39 is 11.9 Å². The van der Waals surface area contributed by atoms with E-state index >= 15 is 0 Å². The fraction of sp³-hybridized carbons (Fsp3) is 0.214. The number of hydrogen-bond donors (Lipinski definition) is 2. The van der Waals surface area contributed by atoms with Crippen molar-refractivity contribution in [3.63, 3.8) is 0 Å². The van der Waals surface area contributed by atoms with Gasteiger partial charge in [0.05, 0.1) is 17.5 Å². The molecule has 0 fully saturated rings. The van der Waals surface area contributed by atoms with Gasteiger partial charge < -0.3 is 15.2 Å². The van der Waals surface area contributed by atoms with Gasteiger partial charge in [0.15, 0.2) is 0 Å². The number of amides is 1. The molecule has 21 heavy (non-hydrogen) atoms. The molecule has 7 heteroatoms. The minimum atomic E-state index is -1.17. The maximum atomic E-state index is 11.6. The van der Waals surface area contributed by atoms with Crippen LogP contribution in [0.25, 0.3) is 10.9 Å². The Morgan fingerprint density at radius 1 is 1.43 bits per heavy atom. The first-order valence-electron chi connectivity index (χ1n) is 6.32. The maximum Gasteiger partial charge on any atom is 0.328 e. The van der Waals surface area contributed by atoms with Crippen molar-refractivity contribution in [3.05, 3.63) is 30.4 Å². The molecule has 2 aromatic rings. The van der Waals surface area contributed by atoms with E-state index in [1.54, 1.807) is 29.9 Å². The summed E-state index contributed by atoms with van der Waals surface area (Å²) in [6, 6.07) is 5.26. The predicted octanol–water partition coefficient (Wildman–Crippen LogP) is 1.55. The van der Waals surface area contributed by atoms with Gasteiger partial charge in [0, 0.05) is 24.9 Å². The molecule has 0 bridgehead atoms. The topological polar surface area (TPSA) is 93.5 Å². The smallest absolute Gasteiger partial charge is 0.328 e. The van der Waals surface area contributed by atoms with Crippen molar-refractivity contribution < 1.29 is 19.4 Å². The quantitative estimate of drug-likeness (QED) is 0.815. The number of aryl methyl sites for hydroxylation is 1. The Hall–Kier alpha value is -2.83. The molecule has 2 N–H and O–H groups in total. The maximum absolute atomic E-state index is 11.6. The van der Waals surface area contributed by atoms with Crippen molar-refractivity contribution in [2.75, 3.05) is 11.9 Å². The molecule has 1 heterocycles. The molecule has 1 aromatic heterocycles. The minimum absolute atomic E-state index is 0.490. The summed E-state index contributed by atoms with van der Waals surface area (Å²) in [4.78, 5) is 21.9. The highest BCUT2D eigenvalue weighted by Gasteiger charge is 2.10. The number of nitrogens with one attached hydrogen (secondary N) is 1. The summed E-state index contributed by atoms with van der Waals surface area (Å²) < 4.78 is 7.13. The van der Waals surface area contributed by atoms with E-state index in [0.29, 0.717) is 18.2 Å². The van der Waals surface area contributed by atoms with Crippen LogP contribution in [-0.4, -0.2) is 33.4 Å². The van der Waals surface area contributed by atoms with E-state index in [1.807, 2.05) is 6.92 Å². The standard InChI is InChI=1S/C14H15N3O4/c1-3-21-14-10-8-9(4-5-11(10)17(2)16-14)15-12(18)6-7-13(19)20/h4-8H,3H2,1-2H3,(H,15,18)(H,19,20). The Morgan fingerprint density at radius 2 is 2.19 bits per heavy atom. The van der Waals surface area contributed by atoms with E-state index in [9.17, 15) is 9.59 Å². The van der Waals surface area contributed by atoms with Crippen LogP contribution in [0.1, 0.15) is 6.92 Å². The summed E-state index contributed by atoms with van der Waals surface area (Å²) in [6.45, 7) is 2.35. The molecular weight excluding hydrogens is 274 g/mol. The summed E-state index contributed by atoms with van der Waals surface area (Å²) in [5, 5.41) is 16.1. The number of hydrogen-bond acceptors (Lipinski definition) is 4. The zero-order valence-corrected chi connectivity index (χ0v) is 11.7. The van der Waals surface area contributed by atoms with Gasteiger partial charge in [0.25, 0.3) is 0 Å². The number of benzene rings is 1. The number of nitrogens with zero attached hydrogens (tertiary/aromatic N) is 2. The average molecular weight is 289 g/mol. The zero-order chi connectivity index (χ0) is 15.4. The van der Waals surface area contributed by atoms with Gasteiger partial charge in [-0.25, -0.2) is 4.79 Å². The normalized spacial score (nSPS) is 11.0. The van der Waals surface area contributed by atoms with Crippen molar-refractivity contribution in [1.29, 1.82) is 0 Å². The lowest BCUT2D eigenvalue weighted by atomic mass is 10.2. The number of aromatic nitrogens is 2. The highest BCUT2D eigenvalue weighted by molar-refractivity contribution is 6.03. The number of carbonyl (C=O) groups is 2. The molecule has 1 amide bonds. The molecule has 0 aliphatic carbocycles. The van der Waals surface area contributed by atoms with Gasteiger partial charge in [-0.05, 0) is 25.1 Å². The molecule has 0 spiro atoms. The van der Waals surface area contributed by atoms with Crippen LogP contribution < -0.4 is 10.1 Å². The molecule has 0 radical (unpaired) electrons. The first-order valence-corrected chi connectivity index (χ1v) is 6.32. The van der Waals surface area contributed by atoms with Gasteiger partial charge in [-0.2, -0.15) is 0 Å². The lowest BCUT2D eigenvalue weighted by Gasteiger charge is -2.03. The van der Waals surface area contributed by atoms with Crippen LogP contribution in [-0.2, 0) is 16.6 Å². The third kappa shape index (κ3) is 3.38. The van der Waals surface area contributed by atoms with E-state index in [-0.39, 0.29) is 0 Å². The lowest BCUT2D eigenvalue weighted by molar-refractivity contribution is -0.131. The number of carbonyl (C=O) groups excluding carboxylic acids is 1. The Morgan fingerprint density at radius 3 is 2.86 bits per heavy atom. The van der Waals surface area contributed by atoms with Gasteiger partial charge >= 0.3 is 5.97 Å². The molecule has 0 saturated heterocycles. The molecule has 1 aromatic carbocycles. The number of aliphatic carboxylic acids is 1. The van der Waals surface area contributed by atoms with Crippen molar-refractivity contribution >= 4 is 28.5 Å². The Balaban J connectivity index is 2.27. The number of rotatable bonds is 5. The SMILES string of the molecule is CCOc1nn(C)c2ccc(NC(=O)C=CC(=O)O)cc12. The summed E-state index contributed by atoms with van der Waals surface area (Å²) in [6.07, 6.45) is 1.74.